The molecule has 1 aromatic heterocycles. The van der Waals surface area contributed by atoms with Gasteiger partial charge < -0.3 is 10.1 Å². The summed E-state index contributed by atoms with van der Waals surface area (Å²) in [5, 5.41) is 3.06. The number of halogens is 1. The first-order chi connectivity index (χ1) is 6.79. The monoisotopic (exact) mass is 215 g/mol. The van der Waals surface area contributed by atoms with Gasteiger partial charge in [0.1, 0.15) is 17.3 Å². The van der Waals surface area contributed by atoms with E-state index >= 15 is 0 Å². The lowest BCUT2D eigenvalue weighted by Crippen LogP contribution is -2.11. The van der Waals surface area contributed by atoms with Gasteiger partial charge in [-0.1, -0.05) is 11.6 Å². The molecular formula is C8H10ClN3O2. The van der Waals surface area contributed by atoms with Crippen LogP contribution in [0.3, 0.4) is 0 Å². The topological polar surface area (TPSA) is 64.1 Å². The van der Waals surface area contributed by atoms with Gasteiger partial charge in [-0.3, -0.25) is 4.79 Å². The molecule has 0 saturated heterocycles. The molecule has 1 heterocycles. The predicted molar refractivity (Wildman–Crippen MR) is 52.8 cm³/mol. The maximum atomic E-state index is 10.6. The Kier molecular flexibility index (Phi) is 4.28. The van der Waals surface area contributed by atoms with Crippen molar-refractivity contribution in [2.75, 3.05) is 25.6 Å². The summed E-state index contributed by atoms with van der Waals surface area (Å²) in [6.45, 7) is 1.09. The van der Waals surface area contributed by atoms with E-state index in [9.17, 15) is 4.79 Å². The van der Waals surface area contributed by atoms with Crippen LogP contribution in [0.5, 0.6) is 0 Å². The van der Waals surface area contributed by atoms with Crippen LogP contribution < -0.4 is 5.32 Å². The van der Waals surface area contributed by atoms with Crippen molar-refractivity contribution in [1.82, 2.24) is 9.97 Å². The molecular weight excluding hydrogens is 206 g/mol. The third-order valence-corrected chi connectivity index (χ3v) is 1.85. The van der Waals surface area contributed by atoms with Gasteiger partial charge in [0, 0.05) is 13.7 Å². The zero-order valence-corrected chi connectivity index (χ0v) is 8.41. The number of anilines is 1. The van der Waals surface area contributed by atoms with Crippen molar-refractivity contribution in [2.24, 2.45) is 0 Å². The highest BCUT2D eigenvalue weighted by atomic mass is 35.5. The quantitative estimate of drug-likeness (QED) is 0.451. The minimum Gasteiger partial charge on any atom is -0.383 e. The number of hydrogen-bond acceptors (Lipinski definition) is 5. The normalized spacial score (nSPS) is 9.86. The number of carbonyl (C=O) groups is 1. The fraction of sp³-hybridized carbons (Fsp3) is 0.375. The average Bonchev–Trinajstić information content (AvgIpc) is 2.18. The van der Waals surface area contributed by atoms with Gasteiger partial charge >= 0.3 is 0 Å². The molecule has 14 heavy (non-hydrogen) atoms. The van der Waals surface area contributed by atoms with Crippen LogP contribution in [0, 0.1) is 0 Å². The maximum absolute atomic E-state index is 10.6. The van der Waals surface area contributed by atoms with Crippen LogP contribution in [0.2, 0.25) is 5.15 Å². The molecule has 1 rings (SSSR count). The SMILES string of the molecule is COCCNc1ncnc(Cl)c1C=O. The molecule has 0 radical (unpaired) electrons. The third kappa shape index (κ3) is 2.65. The number of rotatable bonds is 5. The van der Waals surface area contributed by atoms with E-state index in [0.29, 0.717) is 25.3 Å². The molecule has 0 amide bonds. The van der Waals surface area contributed by atoms with Crippen molar-refractivity contribution in [2.45, 2.75) is 0 Å². The molecule has 0 aliphatic heterocycles. The van der Waals surface area contributed by atoms with E-state index in [1.807, 2.05) is 0 Å². The Labute approximate surface area is 86.5 Å². The number of carbonyl (C=O) groups excluding carboxylic acids is 1. The molecule has 0 unspecified atom stereocenters. The Morgan fingerprint density at radius 1 is 1.64 bits per heavy atom. The summed E-state index contributed by atoms with van der Waals surface area (Å²) in [6, 6.07) is 0. The minimum absolute atomic E-state index is 0.148. The predicted octanol–water partition coefficient (Wildman–Crippen LogP) is 1.00. The number of ether oxygens (including phenoxy) is 1. The Bertz CT molecular complexity index is 319. The smallest absolute Gasteiger partial charge is 0.156 e. The fourth-order valence-electron chi connectivity index (χ4n) is 0.891. The van der Waals surface area contributed by atoms with E-state index in [0.717, 1.165) is 0 Å². The summed E-state index contributed by atoms with van der Waals surface area (Å²) in [5.74, 6) is 0.428. The number of nitrogens with zero attached hydrogens (tertiary/aromatic N) is 2. The number of aromatic nitrogens is 2. The molecule has 0 aliphatic carbocycles. The molecule has 0 atom stereocenters. The molecule has 6 heteroatoms. The zero-order valence-electron chi connectivity index (χ0n) is 7.66. The number of nitrogens with one attached hydrogen (secondary N) is 1. The minimum atomic E-state index is 0.148. The van der Waals surface area contributed by atoms with Crippen LogP contribution in [0.25, 0.3) is 0 Å². The Hall–Kier alpha value is -1.20. The second kappa shape index (κ2) is 5.51. The standard InChI is InChI=1S/C8H10ClN3O2/c1-14-3-2-10-8-6(4-13)7(9)11-5-12-8/h4-5H,2-3H2,1H3,(H,10,11,12). The van der Waals surface area contributed by atoms with Gasteiger partial charge in [-0.2, -0.15) is 0 Å². The molecule has 0 saturated carbocycles. The summed E-state index contributed by atoms with van der Waals surface area (Å²) < 4.78 is 4.84. The lowest BCUT2D eigenvalue weighted by atomic mass is 10.3. The van der Waals surface area contributed by atoms with E-state index in [-0.39, 0.29) is 10.7 Å². The van der Waals surface area contributed by atoms with Crippen LogP contribution in [-0.2, 0) is 4.74 Å². The molecule has 0 spiro atoms. The molecule has 5 nitrogen and oxygen atoms in total. The third-order valence-electron chi connectivity index (χ3n) is 1.55. The van der Waals surface area contributed by atoms with Gasteiger partial charge in [0.05, 0.1) is 12.2 Å². The van der Waals surface area contributed by atoms with Gasteiger partial charge in [-0.25, -0.2) is 9.97 Å². The van der Waals surface area contributed by atoms with Gasteiger partial charge in [0.25, 0.3) is 0 Å². The second-order valence-corrected chi connectivity index (χ2v) is 2.82. The van der Waals surface area contributed by atoms with E-state index in [4.69, 9.17) is 16.3 Å². The van der Waals surface area contributed by atoms with Gasteiger partial charge in [0.2, 0.25) is 0 Å². The number of aldehydes is 1. The molecule has 76 valence electrons. The van der Waals surface area contributed by atoms with Crippen molar-refractivity contribution in [1.29, 1.82) is 0 Å². The Morgan fingerprint density at radius 3 is 3.07 bits per heavy atom. The largest absolute Gasteiger partial charge is 0.383 e. The summed E-state index contributed by atoms with van der Waals surface area (Å²) in [7, 11) is 1.59. The molecule has 0 aromatic carbocycles. The van der Waals surface area contributed by atoms with E-state index in [1.54, 1.807) is 7.11 Å². The first-order valence-electron chi connectivity index (χ1n) is 3.98. The second-order valence-electron chi connectivity index (χ2n) is 2.46. The highest BCUT2D eigenvalue weighted by Crippen LogP contribution is 2.16. The van der Waals surface area contributed by atoms with Crippen molar-refractivity contribution in [3.63, 3.8) is 0 Å². The van der Waals surface area contributed by atoms with Crippen LogP contribution >= 0.6 is 11.6 Å². The van der Waals surface area contributed by atoms with Crippen molar-refractivity contribution >= 4 is 23.7 Å². The van der Waals surface area contributed by atoms with Crippen molar-refractivity contribution in [3.8, 4) is 0 Å². The summed E-state index contributed by atoms with van der Waals surface area (Å²) >= 11 is 5.69. The Balaban J connectivity index is 2.75. The van der Waals surface area contributed by atoms with Crippen LogP contribution in [0.15, 0.2) is 6.33 Å². The fourth-order valence-corrected chi connectivity index (χ4v) is 1.07. The van der Waals surface area contributed by atoms with Crippen molar-refractivity contribution < 1.29 is 9.53 Å². The van der Waals surface area contributed by atoms with Crippen LogP contribution in [0.4, 0.5) is 5.82 Å². The van der Waals surface area contributed by atoms with Gasteiger partial charge in [-0.05, 0) is 0 Å². The van der Waals surface area contributed by atoms with Gasteiger partial charge in [0.15, 0.2) is 6.29 Å². The molecule has 0 fully saturated rings. The zero-order chi connectivity index (χ0) is 10.4. The Morgan fingerprint density at radius 2 is 2.43 bits per heavy atom. The van der Waals surface area contributed by atoms with Crippen molar-refractivity contribution in [3.05, 3.63) is 17.0 Å². The maximum Gasteiger partial charge on any atom is 0.156 e. The molecule has 1 aromatic rings. The number of hydrogen-bond donors (Lipinski definition) is 1. The summed E-state index contributed by atoms with van der Waals surface area (Å²) in [5.41, 5.74) is 0.269. The lowest BCUT2D eigenvalue weighted by molar-refractivity contribution is 0.112. The first kappa shape index (κ1) is 10.9. The van der Waals surface area contributed by atoms with E-state index in [2.05, 4.69) is 15.3 Å². The summed E-state index contributed by atoms with van der Waals surface area (Å²) in [6.07, 6.45) is 1.92. The first-order valence-corrected chi connectivity index (χ1v) is 4.36. The highest BCUT2D eigenvalue weighted by molar-refractivity contribution is 6.32. The average molecular weight is 216 g/mol. The molecule has 0 aliphatic rings. The number of methoxy groups -OCH3 is 1. The molecule has 0 bridgehead atoms. The summed E-state index contributed by atoms with van der Waals surface area (Å²) in [4.78, 5) is 18.2. The van der Waals surface area contributed by atoms with Crippen LogP contribution in [0.1, 0.15) is 10.4 Å². The molecule has 1 N–H and O–H groups in total. The van der Waals surface area contributed by atoms with E-state index in [1.165, 1.54) is 6.33 Å². The lowest BCUT2D eigenvalue weighted by Gasteiger charge is -2.06. The van der Waals surface area contributed by atoms with E-state index < -0.39 is 0 Å². The van der Waals surface area contributed by atoms with Crippen LogP contribution in [-0.4, -0.2) is 36.5 Å². The van der Waals surface area contributed by atoms with Gasteiger partial charge in [-0.15, -0.1) is 0 Å². The highest BCUT2D eigenvalue weighted by Gasteiger charge is 2.07.